The summed E-state index contributed by atoms with van der Waals surface area (Å²) in [4.78, 5) is 16.6. The van der Waals surface area contributed by atoms with Crippen LogP contribution in [0.4, 0.5) is 20.6 Å². The fourth-order valence-corrected chi connectivity index (χ4v) is 4.75. The number of ether oxygens (including phenoxy) is 1. The lowest BCUT2D eigenvalue weighted by atomic mass is 9.92. The third-order valence-electron chi connectivity index (χ3n) is 4.69. The van der Waals surface area contributed by atoms with E-state index in [-0.39, 0.29) is 17.3 Å². The van der Waals surface area contributed by atoms with Crippen molar-refractivity contribution in [2.45, 2.75) is 33.3 Å². The SMILES string of the molecule is CC(C)(C)CC(=S)NCC1CN(c2ccc(N3CCSCC3)c(F)c2)C(=O)O1. The van der Waals surface area contributed by atoms with E-state index in [4.69, 9.17) is 17.0 Å². The number of halogens is 1. The smallest absolute Gasteiger partial charge is 0.414 e. The maximum atomic E-state index is 14.7. The molecule has 0 spiro atoms. The highest BCUT2D eigenvalue weighted by Crippen LogP contribution is 2.29. The zero-order valence-electron chi connectivity index (χ0n) is 16.7. The van der Waals surface area contributed by atoms with Crippen molar-refractivity contribution in [2.24, 2.45) is 5.41 Å². The Hall–Kier alpha value is -1.54. The molecule has 0 radical (unpaired) electrons. The summed E-state index contributed by atoms with van der Waals surface area (Å²) < 4.78 is 20.1. The summed E-state index contributed by atoms with van der Waals surface area (Å²) in [7, 11) is 0. The molecule has 1 atom stereocenters. The number of anilines is 2. The van der Waals surface area contributed by atoms with Gasteiger partial charge in [-0.05, 0) is 23.6 Å². The topological polar surface area (TPSA) is 44.8 Å². The normalized spacial score (nSPS) is 20.3. The third-order valence-corrected chi connectivity index (χ3v) is 5.92. The molecule has 8 heteroatoms. The van der Waals surface area contributed by atoms with Crippen LogP contribution in [0.3, 0.4) is 0 Å². The van der Waals surface area contributed by atoms with Crippen molar-refractivity contribution in [3.8, 4) is 0 Å². The summed E-state index contributed by atoms with van der Waals surface area (Å²) >= 11 is 7.25. The number of cyclic esters (lactones) is 1. The van der Waals surface area contributed by atoms with Crippen LogP contribution in [-0.4, -0.2) is 54.9 Å². The van der Waals surface area contributed by atoms with Crippen molar-refractivity contribution in [2.75, 3.05) is 47.5 Å². The van der Waals surface area contributed by atoms with Crippen LogP contribution in [0.5, 0.6) is 0 Å². The second kappa shape index (κ2) is 8.86. The highest BCUT2D eigenvalue weighted by molar-refractivity contribution is 7.99. The molecular weight excluding hydrogens is 397 g/mol. The van der Waals surface area contributed by atoms with Gasteiger partial charge in [0.1, 0.15) is 11.9 Å². The maximum absolute atomic E-state index is 14.7. The molecule has 3 rings (SSSR count). The van der Waals surface area contributed by atoms with E-state index in [0.29, 0.717) is 24.5 Å². The fourth-order valence-electron chi connectivity index (χ4n) is 3.33. The molecule has 1 aromatic rings. The van der Waals surface area contributed by atoms with E-state index in [9.17, 15) is 9.18 Å². The van der Waals surface area contributed by atoms with Crippen molar-refractivity contribution in [3.63, 3.8) is 0 Å². The van der Waals surface area contributed by atoms with Gasteiger partial charge in [-0.15, -0.1) is 0 Å². The van der Waals surface area contributed by atoms with Gasteiger partial charge in [-0.1, -0.05) is 33.0 Å². The largest absolute Gasteiger partial charge is 0.442 e. The van der Waals surface area contributed by atoms with Crippen LogP contribution in [0.2, 0.25) is 0 Å². The highest BCUT2D eigenvalue weighted by Gasteiger charge is 2.33. The van der Waals surface area contributed by atoms with Crippen LogP contribution in [-0.2, 0) is 4.74 Å². The molecule has 1 aromatic carbocycles. The number of carbonyl (C=O) groups is 1. The molecule has 2 saturated heterocycles. The van der Waals surface area contributed by atoms with E-state index in [1.807, 2.05) is 11.8 Å². The van der Waals surface area contributed by atoms with Crippen molar-refractivity contribution in [1.82, 2.24) is 5.32 Å². The Morgan fingerprint density at radius 1 is 1.36 bits per heavy atom. The lowest BCUT2D eigenvalue weighted by Gasteiger charge is -2.29. The number of thioether (sulfide) groups is 1. The van der Waals surface area contributed by atoms with Crippen LogP contribution < -0.4 is 15.1 Å². The quantitative estimate of drug-likeness (QED) is 0.718. The summed E-state index contributed by atoms with van der Waals surface area (Å²) in [6.07, 6.45) is 0.0105. The minimum Gasteiger partial charge on any atom is -0.442 e. The van der Waals surface area contributed by atoms with E-state index in [0.717, 1.165) is 36.0 Å². The van der Waals surface area contributed by atoms with Crippen LogP contribution in [0, 0.1) is 11.2 Å². The molecule has 1 N–H and O–H groups in total. The van der Waals surface area contributed by atoms with Gasteiger partial charge in [0.05, 0.1) is 29.5 Å². The molecule has 154 valence electrons. The molecule has 5 nitrogen and oxygen atoms in total. The summed E-state index contributed by atoms with van der Waals surface area (Å²) in [6, 6.07) is 4.98. The number of nitrogens with one attached hydrogen (secondary N) is 1. The van der Waals surface area contributed by atoms with Crippen molar-refractivity contribution < 1.29 is 13.9 Å². The van der Waals surface area contributed by atoms with Crippen molar-refractivity contribution in [3.05, 3.63) is 24.0 Å². The van der Waals surface area contributed by atoms with Gasteiger partial charge < -0.3 is 15.0 Å². The van der Waals surface area contributed by atoms with E-state index >= 15 is 0 Å². The number of hydrogen-bond donors (Lipinski definition) is 1. The minimum atomic E-state index is -0.449. The predicted molar refractivity (Wildman–Crippen MR) is 118 cm³/mol. The number of amides is 1. The summed E-state index contributed by atoms with van der Waals surface area (Å²) in [5.41, 5.74) is 1.23. The second-order valence-corrected chi connectivity index (χ2v) is 10.1. The van der Waals surface area contributed by atoms with Gasteiger partial charge in [0.2, 0.25) is 0 Å². The first-order valence-electron chi connectivity index (χ1n) is 9.60. The first-order chi connectivity index (χ1) is 13.2. The second-order valence-electron chi connectivity index (χ2n) is 8.39. The van der Waals surface area contributed by atoms with Gasteiger partial charge in [-0.3, -0.25) is 4.90 Å². The van der Waals surface area contributed by atoms with E-state index in [1.54, 1.807) is 12.1 Å². The summed E-state index contributed by atoms with van der Waals surface area (Å²) in [6.45, 7) is 8.90. The molecule has 0 bridgehead atoms. The Balaban J connectivity index is 1.59. The third kappa shape index (κ3) is 5.50. The van der Waals surface area contributed by atoms with Crippen LogP contribution in [0.1, 0.15) is 27.2 Å². The van der Waals surface area contributed by atoms with Crippen molar-refractivity contribution >= 4 is 46.4 Å². The Morgan fingerprint density at radius 2 is 2.07 bits per heavy atom. The zero-order valence-corrected chi connectivity index (χ0v) is 18.3. The Labute approximate surface area is 176 Å². The zero-order chi connectivity index (χ0) is 20.3. The first kappa shape index (κ1) is 21.2. The fraction of sp³-hybridized carbons (Fsp3) is 0.600. The monoisotopic (exact) mass is 425 g/mol. The van der Waals surface area contributed by atoms with Gasteiger partial charge in [0.25, 0.3) is 0 Å². The van der Waals surface area contributed by atoms with Gasteiger partial charge >= 0.3 is 6.09 Å². The van der Waals surface area contributed by atoms with E-state index in [2.05, 4.69) is 31.0 Å². The van der Waals surface area contributed by atoms with Crippen LogP contribution in [0.15, 0.2) is 18.2 Å². The lowest BCUT2D eigenvalue weighted by Crippen LogP contribution is -2.35. The van der Waals surface area contributed by atoms with Gasteiger partial charge in [0, 0.05) is 31.0 Å². The van der Waals surface area contributed by atoms with E-state index < -0.39 is 6.09 Å². The Bertz CT molecular complexity index is 733. The summed E-state index contributed by atoms with van der Waals surface area (Å²) in [5, 5.41) is 3.18. The standard InChI is InChI=1S/C20H28FN3O2S2/c1-20(2,3)11-18(27)22-12-15-13-24(19(25)26-15)14-4-5-17(16(21)10-14)23-6-8-28-9-7-23/h4-5,10,15H,6-9,11-13H2,1-3H3,(H,22,27). The number of rotatable bonds is 5. The Morgan fingerprint density at radius 3 is 2.71 bits per heavy atom. The molecular formula is C20H28FN3O2S2. The molecule has 0 saturated carbocycles. The average Bonchev–Trinajstić information content (AvgIpc) is 3.00. The van der Waals surface area contributed by atoms with Crippen LogP contribution >= 0.6 is 24.0 Å². The molecule has 2 aliphatic rings. The molecule has 0 aromatic heterocycles. The molecule has 2 fully saturated rings. The van der Waals surface area contributed by atoms with Crippen LogP contribution in [0.25, 0.3) is 0 Å². The average molecular weight is 426 g/mol. The van der Waals surface area contributed by atoms with E-state index in [1.165, 1.54) is 11.0 Å². The van der Waals surface area contributed by atoms with Gasteiger partial charge in [-0.2, -0.15) is 11.8 Å². The van der Waals surface area contributed by atoms with Gasteiger partial charge in [0.15, 0.2) is 0 Å². The maximum Gasteiger partial charge on any atom is 0.414 e. The lowest BCUT2D eigenvalue weighted by molar-refractivity contribution is 0.142. The molecule has 1 amide bonds. The molecule has 28 heavy (non-hydrogen) atoms. The minimum absolute atomic E-state index is 0.106. The Kier molecular flexibility index (Phi) is 6.70. The molecule has 2 heterocycles. The molecule has 1 unspecified atom stereocenters. The molecule has 2 aliphatic heterocycles. The predicted octanol–water partition coefficient (Wildman–Crippen LogP) is 4.06. The number of nitrogens with zero attached hydrogens (tertiary/aromatic N) is 2. The number of carbonyl (C=O) groups excluding carboxylic acids is 1. The number of hydrogen-bond acceptors (Lipinski definition) is 5. The van der Waals surface area contributed by atoms with Crippen molar-refractivity contribution in [1.29, 1.82) is 0 Å². The number of thiocarbonyl (C=S) groups is 1. The first-order valence-corrected chi connectivity index (χ1v) is 11.2. The molecule has 0 aliphatic carbocycles. The van der Waals surface area contributed by atoms with Gasteiger partial charge in [-0.25, -0.2) is 9.18 Å². The summed E-state index contributed by atoms with van der Waals surface area (Å²) in [5.74, 6) is 1.71. The number of benzene rings is 1. The highest BCUT2D eigenvalue weighted by atomic mass is 32.2.